The predicted octanol–water partition coefficient (Wildman–Crippen LogP) is -0.547. The minimum atomic E-state index is -1.03. The summed E-state index contributed by atoms with van der Waals surface area (Å²) in [4.78, 5) is 36.4. The Kier molecular flexibility index (Phi) is 12.2. The van der Waals surface area contributed by atoms with Crippen molar-refractivity contribution in [1.29, 1.82) is 0 Å². The number of carbonyl (C=O) groups is 3. The van der Waals surface area contributed by atoms with Crippen molar-refractivity contribution < 1.29 is 38.1 Å². The second-order valence-corrected chi connectivity index (χ2v) is 6.64. The van der Waals surface area contributed by atoms with E-state index in [2.05, 4.69) is 10.6 Å². The fourth-order valence-electron chi connectivity index (χ4n) is 2.65. The smallest absolute Gasteiger partial charge is 0.332 e. The molecule has 1 aromatic carbocycles. The zero-order chi connectivity index (χ0) is 22.2. The zero-order valence-electron chi connectivity index (χ0n) is 17.5. The van der Waals surface area contributed by atoms with Crippen molar-refractivity contribution in [1.82, 2.24) is 10.6 Å². The minimum Gasteiger partial charge on any atom is -0.450 e. The van der Waals surface area contributed by atoms with Gasteiger partial charge in [-0.25, -0.2) is 4.79 Å². The van der Waals surface area contributed by atoms with Gasteiger partial charge in [0, 0.05) is 19.5 Å². The van der Waals surface area contributed by atoms with Gasteiger partial charge in [-0.3, -0.25) is 9.59 Å². The van der Waals surface area contributed by atoms with Crippen LogP contribution >= 0.6 is 0 Å². The third kappa shape index (κ3) is 11.4. The molecule has 1 unspecified atom stereocenters. The first-order valence-corrected chi connectivity index (χ1v) is 10.2. The lowest BCUT2D eigenvalue weighted by Gasteiger charge is -2.18. The largest absolute Gasteiger partial charge is 0.450 e. The van der Waals surface area contributed by atoms with E-state index in [1.807, 2.05) is 30.3 Å². The van der Waals surface area contributed by atoms with E-state index in [0.29, 0.717) is 46.2 Å². The number of carbonyl (C=O) groups excluding carboxylic acids is 3. The molecule has 1 aliphatic heterocycles. The molecule has 0 aliphatic carbocycles. The van der Waals surface area contributed by atoms with Crippen molar-refractivity contribution in [3.05, 3.63) is 35.9 Å². The lowest BCUT2D eigenvalue weighted by atomic mass is 10.1. The molecule has 1 aliphatic rings. The van der Waals surface area contributed by atoms with Crippen molar-refractivity contribution in [2.24, 2.45) is 0 Å². The lowest BCUT2D eigenvalue weighted by molar-refractivity contribution is -0.160. The van der Waals surface area contributed by atoms with Crippen molar-refractivity contribution in [3.8, 4) is 0 Å². The molecule has 2 N–H and O–H groups in total. The molecule has 1 aromatic rings. The highest BCUT2D eigenvalue weighted by atomic mass is 16.6. The fraction of sp³-hybridized carbons (Fsp3) is 0.571. The summed E-state index contributed by atoms with van der Waals surface area (Å²) in [5, 5.41) is 5.32. The Morgan fingerprint density at radius 3 is 2.03 bits per heavy atom. The molecule has 172 valence electrons. The predicted molar refractivity (Wildman–Crippen MR) is 109 cm³/mol. The molecule has 1 saturated heterocycles. The normalized spacial score (nSPS) is 21.8. The Morgan fingerprint density at radius 2 is 1.35 bits per heavy atom. The summed E-state index contributed by atoms with van der Waals surface area (Å²) in [7, 11) is 0. The molecule has 2 amide bonds. The Labute approximate surface area is 181 Å². The van der Waals surface area contributed by atoms with Gasteiger partial charge in [-0.15, -0.1) is 0 Å². The molecular formula is C21H30N2O8. The number of amides is 2. The number of esters is 1. The summed E-state index contributed by atoms with van der Waals surface area (Å²) >= 11 is 0. The van der Waals surface area contributed by atoms with Crippen molar-refractivity contribution in [2.45, 2.75) is 12.5 Å². The molecule has 10 heteroatoms. The second kappa shape index (κ2) is 15.3. The first-order valence-electron chi connectivity index (χ1n) is 10.2. The standard InChI is InChI=1S/C21H30N2O8/c24-19-15-30-16-20(25)31-18(14-17-4-2-1-3-5-17)21(26)23-7-9-28-11-13-29-12-10-27-8-6-22-19/h1-5,18H,6-16H2,(H,22,24)(H,23,26). The Bertz CT molecular complexity index is 671. The topological polar surface area (TPSA) is 121 Å². The van der Waals surface area contributed by atoms with Gasteiger partial charge >= 0.3 is 5.97 Å². The summed E-state index contributed by atoms with van der Waals surface area (Å²) in [5.41, 5.74) is 0.844. The monoisotopic (exact) mass is 438 g/mol. The molecule has 1 heterocycles. The number of ether oxygens (including phenoxy) is 5. The van der Waals surface area contributed by atoms with E-state index in [1.165, 1.54) is 0 Å². The van der Waals surface area contributed by atoms with Crippen LogP contribution in [0.5, 0.6) is 0 Å². The number of hydrogen-bond donors (Lipinski definition) is 2. The summed E-state index contributed by atoms with van der Waals surface area (Å²) in [6.07, 6.45) is -0.810. The van der Waals surface area contributed by atoms with E-state index in [1.54, 1.807) is 0 Å². The average Bonchev–Trinajstić information content (AvgIpc) is 2.76. The molecule has 0 bridgehead atoms. The van der Waals surface area contributed by atoms with E-state index in [0.717, 1.165) is 5.56 Å². The molecule has 0 aromatic heterocycles. The molecule has 0 radical (unpaired) electrons. The Hall–Kier alpha value is -2.53. The summed E-state index contributed by atoms with van der Waals surface area (Å²) in [6, 6.07) is 9.22. The number of rotatable bonds is 2. The van der Waals surface area contributed by atoms with E-state index < -0.39 is 24.6 Å². The van der Waals surface area contributed by atoms with E-state index in [-0.39, 0.29) is 25.5 Å². The van der Waals surface area contributed by atoms with Crippen LogP contribution in [0.3, 0.4) is 0 Å². The summed E-state index contributed by atoms with van der Waals surface area (Å²) < 4.78 is 26.5. The van der Waals surface area contributed by atoms with E-state index in [9.17, 15) is 14.4 Å². The van der Waals surface area contributed by atoms with Gasteiger partial charge in [-0.05, 0) is 5.56 Å². The van der Waals surface area contributed by atoms with Gasteiger partial charge in [-0.2, -0.15) is 0 Å². The maximum absolute atomic E-state index is 12.5. The Morgan fingerprint density at radius 1 is 0.742 bits per heavy atom. The second-order valence-electron chi connectivity index (χ2n) is 6.64. The van der Waals surface area contributed by atoms with Crippen molar-refractivity contribution in [2.75, 3.05) is 65.9 Å². The highest BCUT2D eigenvalue weighted by Crippen LogP contribution is 2.07. The van der Waals surface area contributed by atoms with Gasteiger partial charge in [0.2, 0.25) is 5.91 Å². The lowest BCUT2D eigenvalue weighted by Crippen LogP contribution is -2.41. The fourth-order valence-corrected chi connectivity index (χ4v) is 2.65. The number of nitrogens with one attached hydrogen (secondary N) is 2. The van der Waals surface area contributed by atoms with Gasteiger partial charge < -0.3 is 34.3 Å². The molecular weight excluding hydrogens is 408 g/mol. The van der Waals surface area contributed by atoms with Crippen LogP contribution in [-0.4, -0.2) is 89.8 Å². The highest BCUT2D eigenvalue weighted by molar-refractivity contribution is 5.84. The highest BCUT2D eigenvalue weighted by Gasteiger charge is 2.23. The van der Waals surface area contributed by atoms with Crippen LogP contribution in [0.1, 0.15) is 5.56 Å². The van der Waals surface area contributed by atoms with E-state index in [4.69, 9.17) is 23.7 Å². The summed E-state index contributed by atoms with van der Waals surface area (Å²) in [5.74, 6) is -1.54. The molecule has 10 nitrogen and oxygen atoms in total. The van der Waals surface area contributed by atoms with Crippen LogP contribution in [0.25, 0.3) is 0 Å². The van der Waals surface area contributed by atoms with Crippen LogP contribution in [-0.2, 0) is 44.5 Å². The van der Waals surface area contributed by atoms with Crippen LogP contribution < -0.4 is 10.6 Å². The maximum Gasteiger partial charge on any atom is 0.332 e. The first-order chi connectivity index (χ1) is 15.1. The molecule has 31 heavy (non-hydrogen) atoms. The molecule has 2 rings (SSSR count). The van der Waals surface area contributed by atoms with Gasteiger partial charge in [0.25, 0.3) is 5.91 Å². The molecule has 1 atom stereocenters. The van der Waals surface area contributed by atoms with Crippen molar-refractivity contribution >= 4 is 17.8 Å². The van der Waals surface area contributed by atoms with Crippen LogP contribution in [0, 0.1) is 0 Å². The first kappa shape index (κ1) is 24.7. The van der Waals surface area contributed by atoms with Gasteiger partial charge in [0.05, 0.1) is 39.6 Å². The van der Waals surface area contributed by atoms with Gasteiger partial charge in [0.1, 0.15) is 13.2 Å². The van der Waals surface area contributed by atoms with Gasteiger partial charge in [0.15, 0.2) is 6.10 Å². The number of cyclic esters (lactones) is 1. The zero-order valence-corrected chi connectivity index (χ0v) is 17.5. The molecule has 1 fully saturated rings. The van der Waals surface area contributed by atoms with E-state index >= 15 is 0 Å². The number of hydrogen-bond acceptors (Lipinski definition) is 8. The molecule has 0 saturated carbocycles. The summed E-state index contributed by atoms with van der Waals surface area (Å²) in [6.45, 7) is 2.07. The van der Waals surface area contributed by atoms with Crippen molar-refractivity contribution in [3.63, 3.8) is 0 Å². The van der Waals surface area contributed by atoms with Crippen LogP contribution in [0.15, 0.2) is 30.3 Å². The van der Waals surface area contributed by atoms with Gasteiger partial charge in [-0.1, -0.05) is 30.3 Å². The SMILES string of the molecule is O=C1COCC(=O)OC(Cc2ccccc2)C(=O)NCCOCCOCCOCCN1. The average molecular weight is 438 g/mol. The third-order valence-corrected chi connectivity index (χ3v) is 4.14. The third-order valence-electron chi connectivity index (χ3n) is 4.14. The quantitative estimate of drug-likeness (QED) is 0.590. The number of benzene rings is 1. The maximum atomic E-state index is 12.5. The van der Waals surface area contributed by atoms with Crippen LogP contribution in [0.2, 0.25) is 0 Å². The Balaban J connectivity index is 1.90. The van der Waals surface area contributed by atoms with Crippen LogP contribution in [0.4, 0.5) is 0 Å². The minimum absolute atomic E-state index is 0.216. The molecule has 0 spiro atoms.